The van der Waals surface area contributed by atoms with Gasteiger partial charge in [-0.25, -0.2) is 0 Å². The smallest absolute Gasteiger partial charge is 0.311 e. The van der Waals surface area contributed by atoms with Gasteiger partial charge >= 0.3 is 5.97 Å². The minimum Gasteiger partial charge on any atom is -0.484 e. The van der Waals surface area contributed by atoms with Gasteiger partial charge < -0.3 is 15.2 Å². The van der Waals surface area contributed by atoms with E-state index < -0.39 is 11.4 Å². The van der Waals surface area contributed by atoms with Gasteiger partial charge in [0.05, 0.1) is 5.41 Å². The summed E-state index contributed by atoms with van der Waals surface area (Å²) in [5.74, 6) is -0.612. The Labute approximate surface area is 125 Å². The zero-order valence-electron chi connectivity index (χ0n) is 13.0. The normalized spacial score (nSPS) is 13.3. The van der Waals surface area contributed by atoms with E-state index in [2.05, 4.69) is 5.32 Å². The van der Waals surface area contributed by atoms with E-state index in [0.29, 0.717) is 12.2 Å². The third-order valence-electron chi connectivity index (χ3n) is 3.82. The van der Waals surface area contributed by atoms with E-state index in [4.69, 9.17) is 9.84 Å². The lowest BCUT2D eigenvalue weighted by Gasteiger charge is -2.23. The highest BCUT2D eigenvalue weighted by Crippen LogP contribution is 2.20. The third kappa shape index (κ3) is 4.77. The topological polar surface area (TPSA) is 75.6 Å². The predicted octanol–water partition coefficient (Wildman–Crippen LogP) is 2.30. The molecule has 1 rings (SSSR count). The number of aliphatic carboxylic acids is 1. The first-order valence-corrected chi connectivity index (χ1v) is 6.98. The van der Waals surface area contributed by atoms with Crippen LogP contribution in [0.4, 0.5) is 0 Å². The highest BCUT2D eigenvalue weighted by Gasteiger charge is 2.31. The molecule has 0 heterocycles. The van der Waals surface area contributed by atoms with Crippen molar-refractivity contribution in [1.82, 2.24) is 5.32 Å². The van der Waals surface area contributed by atoms with Crippen molar-refractivity contribution in [3.8, 4) is 5.75 Å². The fraction of sp³-hybridized carbons (Fsp3) is 0.500. The molecular weight excluding hydrogens is 270 g/mol. The van der Waals surface area contributed by atoms with Crippen molar-refractivity contribution in [2.75, 3.05) is 13.2 Å². The third-order valence-corrected chi connectivity index (χ3v) is 3.82. The van der Waals surface area contributed by atoms with E-state index in [0.717, 1.165) is 11.1 Å². The lowest BCUT2D eigenvalue weighted by Crippen LogP contribution is -2.42. The van der Waals surface area contributed by atoms with E-state index in [-0.39, 0.29) is 19.1 Å². The van der Waals surface area contributed by atoms with E-state index in [1.807, 2.05) is 32.0 Å². The second kappa shape index (κ2) is 7.11. The molecule has 1 aromatic rings. The molecule has 0 bridgehead atoms. The van der Waals surface area contributed by atoms with Crippen molar-refractivity contribution in [3.05, 3.63) is 29.3 Å². The van der Waals surface area contributed by atoms with Gasteiger partial charge in [0.15, 0.2) is 6.61 Å². The first kappa shape index (κ1) is 17.0. The number of hydrogen-bond donors (Lipinski definition) is 2. The summed E-state index contributed by atoms with van der Waals surface area (Å²) in [7, 11) is 0. The van der Waals surface area contributed by atoms with E-state index >= 15 is 0 Å². The Bertz CT molecular complexity index is 527. The van der Waals surface area contributed by atoms with Crippen LogP contribution in [-0.4, -0.2) is 30.1 Å². The van der Waals surface area contributed by atoms with Crippen molar-refractivity contribution >= 4 is 11.9 Å². The van der Waals surface area contributed by atoms with Gasteiger partial charge in [-0.05, 0) is 50.5 Å². The molecule has 0 spiro atoms. The summed E-state index contributed by atoms with van der Waals surface area (Å²) < 4.78 is 5.40. The van der Waals surface area contributed by atoms with Gasteiger partial charge in [0, 0.05) is 6.54 Å². The number of carbonyl (C=O) groups is 2. The zero-order chi connectivity index (χ0) is 16.0. The van der Waals surface area contributed by atoms with Crippen LogP contribution < -0.4 is 10.1 Å². The van der Waals surface area contributed by atoms with Crippen molar-refractivity contribution in [3.63, 3.8) is 0 Å². The molecule has 1 amide bonds. The number of rotatable bonds is 7. The number of nitrogens with one attached hydrogen (secondary N) is 1. The van der Waals surface area contributed by atoms with E-state index in [1.165, 1.54) is 0 Å². The largest absolute Gasteiger partial charge is 0.484 e. The van der Waals surface area contributed by atoms with Crippen molar-refractivity contribution in [2.45, 2.75) is 34.1 Å². The molecule has 116 valence electrons. The molecule has 5 heteroatoms. The van der Waals surface area contributed by atoms with Crippen LogP contribution in [0.25, 0.3) is 0 Å². The minimum atomic E-state index is -0.948. The first-order valence-electron chi connectivity index (χ1n) is 6.98. The fourth-order valence-electron chi connectivity index (χ4n) is 1.65. The number of carboxylic acids is 1. The zero-order valence-corrected chi connectivity index (χ0v) is 13.0. The molecule has 0 radical (unpaired) electrons. The Morgan fingerprint density at radius 3 is 2.48 bits per heavy atom. The lowest BCUT2D eigenvalue weighted by molar-refractivity contribution is -0.148. The molecule has 1 unspecified atom stereocenters. The maximum atomic E-state index is 11.7. The van der Waals surface area contributed by atoms with Gasteiger partial charge in [0.1, 0.15) is 5.75 Å². The number of amides is 1. The first-order chi connectivity index (χ1) is 9.78. The van der Waals surface area contributed by atoms with Gasteiger partial charge in [-0.3, -0.25) is 9.59 Å². The van der Waals surface area contributed by atoms with Gasteiger partial charge in [0.2, 0.25) is 0 Å². The molecule has 0 saturated carbocycles. The summed E-state index contributed by atoms with van der Waals surface area (Å²) in [5.41, 5.74) is 1.31. The number of aryl methyl sites for hydroxylation is 2. The Kier molecular flexibility index (Phi) is 5.76. The average Bonchev–Trinajstić information content (AvgIpc) is 2.45. The van der Waals surface area contributed by atoms with Crippen LogP contribution in [0, 0.1) is 19.3 Å². The number of ether oxygens (including phenoxy) is 1. The number of benzene rings is 1. The van der Waals surface area contributed by atoms with E-state index in [1.54, 1.807) is 13.8 Å². The highest BCUT2D eigenvalue weighted by molar-refractivity contribution is 5.79. The molecule has 0 fully saturated rings. The molecule has 0 aliphatic carbocycles. The Balaban J connectivity index is 2.47. The average molecular weight is 293 g/mol. The number of carbonyl (C=O) groups excluding carboxylic acids is 1. The number of carboxylic acid groups (broad SMARTS) is 1. The summed E-state index contributed by atoms with van der Waals surface area (Å²) >= 11 is 0. The minimum absolute atomic E-state index is 0.0912. The maximum Gasteiger partial charge on any atom is 0.311 e. The molecule has 0 saturated heterocycles. The second-order valence-electron chi connectivity index (χ2n) is 5.53. The van der Waals surface area contributed by atoms with Crippen LogP contribution in [0.5, 0.6) is 5.75 Å². The van der Waals surface area contributed by atoms with E-state index in [9.17, 15) is 9.59 Å². The van der Waals surface area contributed by atoms with Crippen LogP contribution in [0.15, 0.2) is 18.2 Å². The van der Waals surface area contributed by atoms with Crippen LogP contribution in [0.3, 0.4) is 0 Å². The van der Waals surface area contributed by atoms with Crippen LogP contribution in [0.2, 0.25) is 0 Å². The number of hydrogen-bond acceptors (Lipinski definition) is 3. The maximum absolute atomic E-state index is 11.7. The Morgan fingerprint density at radius 2 is 1.95 bits per heavy atom. The summed E-state index contributed by atoms with van der Waals surface area (Å²) in [6.45, 7) is 7.34. The molecule has 0 aliphatic rings. The predicted molar refractivity (Wildman–Crippen MR) is 80.5 cm³/mol. The summed E-state index contributed by atoms with van der Waals surface area (Å²) in [6, 6.07) is 5.61. The standard InChI is InChI=1S/C16H23NO4/c1-5-16(4,15(19)20)10-17-14(18)9-21-13-7-6-11(2)12(3)8-13/h6-8H,5,9-10H2,1-4H3,(H,17,18)(H,19,20). The monoisotopic (exact) mass is 293 g/mol. The highest BCUT2D eigenvalue weighted by atomic mass is 16.5. The fourth-order valence-corrected chi connectivity index (χ4v) is 1.65. The van der Waals surface area contributed by atoms with Gasteiger partial charge in [0.25, 0.3) is 5.91 Å². The molecule has 1 aromatic carbocycles. The van der Waals surface area contributed by atoms with Gasteiger partial charge in [-0.2, -0.15) is 0 Å². The van der Waals surface area contributed by atoms with Crippen LogP contribution in [0.1, 0.15) is 31.4 Å². The quantitative estimate of drug-likeness (QED) is 0.809. The molecule has 0 aliphatic heterocycles. The van der Waals surface area contributed by atoms with Crippen molar-refractivity contribution < 1.29 is 19.4 Å². The van der Waals surface area contributed by atoms with Crippen molar-refractivity contribution in [2.24, 2.45) is 5.41 Å². The summed E-state index contributed by atoms with van der Waals surface area (Å²) in [6.07, 6.45) is 0.445. The molecule has 21 heavy (non-hydrogen) atoms. The Morgan fingerprint density at radius 1 is 1.29 bits per heavy atom. The van der Waals surface area contributed by atoms with Gasteiger partial charge in [-0.1, -0.05) is 13.0 Å². The summed E-state index contributed by atoms with van der Waals surface area (Å²) in [5, 5.41) is 11.7. The molecule has 2 N–H and O–H groups in total. The SMILES string of the molecule is CCC(C)(CNC(=O)COc1ccc(C)c(C)c1)C(=O)O. The second-order valence-corrected chi connectivity index (χ2v) is 5.53. The molecule has 5 nitrogen and oxygen atoms in total. The van der Waals surface area contributed by atoms with Gasteiger partial charge in [-0.15, -0.1) is 0 Å². The lowest BCUT2D eigenvalue weighted by atomic mass is 9.88. The molecule has 1 atom stereocenters. The van der Waals surface area contributed by atoms with Crippen molar-refractivity contribution in [1.29, 1.82) is 0 Å². The molecular formula is C16H23NO4. The van der Waals surface area contributed by atoms with Crippen LogP contribution >= 0.6 is 0 Å². The Hall–Kier alpha value is -2.04. The summed E-state index contributed by atoms with van der Waals surface area (Å²) in [4.78, 5) is 22.9. The molecule has 0 aromatic heterocycles. The van der Waals surface area contributed by atoms with Crippen LogP contribution in [-0.2, 0) is 9.59 Å².